The van der Waals surface area contributed by atoms with E-state index in [1.807, 2.05) is 0 Å². The standard InChI is InChI=1S/C18H27N3O5S/c1-3-21(4-2)27(25,26)16-7-5-14(6-8-16)13-19-18(24)20-11-9-15(10-12-20)17(22)23/h5-8,15H,3-4,9-13H2,1-2H3,(H,19,24)(H,22,23). The summed E-state index contributed by atoms with van der Waals surface area (Å²) in [7, 11) is -3.49. The molecule has 2 amide bonds. The summed E-state index contributed by atoms with van der Waals surface area (Å²) in [5, 5.41) is 11.8. The summed E-state index contributed by atoms with van der Waals surface area (Å²) in [4.78, 5) is 25.0. The van der Waals surface area contributed by atoms with Gasteiger partial charge < -0.3 is 15.3 Å². The smallest absolute Gasteiger partial charge is 0.317 e. The first-order valence-electron chi connectivity index (χ1n) is 9.14. The molecule has 9 heteroatoms. The van der Waals surface area contributed by atoms with Crippen LogP contribution in [-0.2, 0) is 21.4 Å². The lowest BCUT2D eigenvalue weighted by atomic mass is 9.97. The van der Waals surface area contributed by atoms with E-state index in [0.717, 1.165) is 5.56 Å². The Bertz CT molecular complexity index is 752. The van der Waals surface area contributed by atoms with Crippen LogP contribution in [0.3, 0.4) is 0 Å². The van der Waals surface area contributed by atoms with E-state index in [1.54, 1.807) is 43.0 Å². The van der Waals surface area contributed by atoms with Crippen LogP contribution in [-0.4, -0.2) is 60.9 Å². The van der Waals surface area contributed by atoms with Crippen molar-refractivity contribution >= 4 is 22.0 Å². The summed E-state index contributed by atoms with van der Waals surface area (Å²) in [5.41, 5.74) is 0.794. The number of hydrogen-bond donors (Lipinski definition) is 2. The molecule has 1 heterocycles. The monoisotopic (exact) mass is 397 g/mol. The number of sulfonamides is 1. The number of amides is 2. The van der Waals surface area contributed by atoms with Gasteiger partial charge in [-0.15, -0.1) is 0 Å². The fourth-order valence-corrected chi connectivity index (χ4v) is 4.57. The molecule has 1 aliphatic heterocycles. The summed E-state index contributed by atoms with van der Waals surface area (Å²) in [6.07, 6.45) is 0.918. The Morgan fingerprint density at radius 2 is 1.70 bits per heavy atom. The van der Waals surface area contributed by atoms with E-state index in [9.17, 15) is 18.0 Å². The van der Waals surface area contributed by atoms with Gasteiger partial charge in [-0.05, 0) is 30.5 Å². The third kappa shape index (κ3) is 5.20. The van der Waals surface area contributed by atoms with Gasteiger partial charge in [0.15, 0.2) is 0 Å². The Morgan fingerprint density at radius 3 is 2.19 bits per heavy atom. The summed E-state index contributed by atoms with van der Waals surface area (Å²) >= 11 is 0. The second-order valence-corrected chi connectivity index (χ2v) is 8.43. The number of carboxylic acids is 1. The average molecular weight is 397 g/mol. The highest BCUT2D eigenvalue weighted by Gasteiger charge is 2.27. The Balaban J connectivity index is 1.90. The van der Waals surface area contributed by atoms with Gasteiger partial charge in [-0.25, -0.2) is 13.2 Å². The van der Waals surface area contributed by atoms with Crippen LogP contribution in [0, 0.1) is 5.92 Å². The van der Waals surface area contributed by atoms with E-state index in [2.05, 4.69) is 5.32 Å². The molecular weight excluding hydrogens is 370 g/mol. The molecule has 0 saturated carbocycles. The predicted octanol–water partition coefficient (Wildman–Crippen LogP) is 1.72. The Kier molecular flexibility index (Phi) is 7.20. The quantitative estimate of drug-likeness (QED) is 0.729. The van der Waals surface area contributed by atoms with Crippen molar-refractivity contribution in [2.45, 2.75) is 38.1 Å². The molecule has 0 aromatic heterocycles. The molecule has 8 nitrogen and oxygen atoms in total. The number of hydrogen-bond acceptors (Lipinski definition) is 4. The summed E-state index contributed by atoms with van der Waals surface area (Å²) < 4.78 is 26.3. The molecule has 0 aliphatic carbocycles. The van der Waals surface area contributed by atoms with E-state index in [4.69, 9.17) is 5.11 Å². The molecule has 1 aliphatic rings. The lowest BCUT2D eigenvalue weighted by molar-refractivity contribution is -0.143. The first-order chi connectivity index (χ1) is 12.8. The first-order valence-corrected chi connectivity index (χ1v) is 10.6. The maximum absolute atomic E-state index is 12.5. The molecule has 2 rings (SSSR count). The van der Waals surface area contributed by atoms with Crippen molar-refractivity contribution in [1.29, 1.82) is 0 Å². The average Bonchev–Trinajstić information content (AvgIpc) is 2.67. The number of piperidine rings is 1. The third-order valence-corrected chi connectivity index (χ3v) is 6.91. The van der Waals surface area contributed by atoms with Gasteiger partial charge in [0, 0.05) is 32.7 Å². The lowest BCUT2D eigenvalue weighted by Crippen LogP contribution is -2.45. The molecule has 0 unspecified atom stereocenters. The van der Waals surface area contributed by atoms with Gasteiger partial charge in [-0.3, -0.25) is 4.79 Å². The van der Waals surface area contributed by atoms with Crippen LogP contribution in [0.2, 0.25) is 0 Å². The normalized spacial score (nSPS) is 15.7. The van der Waals surface area contributed by atoms with Crippen molar-refractivity contribution in [3.63, 3.8) is 0 Å². The van der Waals surface area contributed by atoms with Gasteiger partial charge >= 0.3 is 12.0 Å². The van der Waals surface area contributed by atoms with Gasteiger partial charge in [-0.1, -0.05) is 26.0 Å². The molecule has 0 bridgehead atoms. The molecule has 2 N–H and O–H groups in total. The molecule has 1 aromatic rings. The van der Waals surface area contributed by atoms with Crippen molar-refractivity contribution in [3.8, 4) is 0 Å². The molecule has 27 heavy (non-hydrogen) atoms. The maximum atomic E-state index is 12.5. The number of likely N-dealkylation sites (tertiary alicyclic amines) is 1. The van der Waals surface area contributed by atoms with E-state index < -0.39 is 16.0 Å². The largest absolute Gasteiger partial charge is 0.481 e. The fourth-order valence-electron chi connectivity index (χ4n) is 3.11. The molecule has 0 spiro atoms. The maximum Gasteiger partial charge on any atom is 0.317 e. The number of carbonyl (C=O) groups excluding carboxylic acids is 1. The van der Waals surface area contributed by atoms with Crippen molar-refractivity contribution in [3.05, 3.63) is 29.8 Å². The number of aliphatic carboxylic acids is 1. The van der Waals surface area contributed by atoms with E-state index >= 15 is 0 Å². The lowest BCUT2D eigenvalue weighted by Gasteiger charge is -2.30. The van der Waals surface area contributed by atoms with Crippen molar-refractivity contribution < 1.29 is 23.1 Å². The molecule has 0 radical (unpaired) electrons. The molecule has 0 atom stereocenters. The molecular formula is C18H27N3O5S. The zero-order valence-electron chi connectivity index (χ0n) is 15.7. The molecule has 150 valence electrons. The Hall–Kier alpha value is -2.13. The van der Waals surface area contributed by atoms with Crippen LogP contribution < -0.4 is 5.32 Å². The first kappa shape index (κ1) is 21.2. The van der Waals surface area contributed by atoms with Gasteiger partial charge in [0.1, 0.15) is 0 Å². The fraction of sp³-hybridized carbons (Fsp3) is 0.556. The van der Waals surface area contributed by atoms with Crippen molar-refractivity contribution in [2.24, 2.45) is 5.92 Å². The summed E-state index contributed by atoms with van der Waals surface area (Å²) in [6.45, 7) is 5.54. The molecule has 1 saturated heterocycles. The van der Waals surface area contributed by atoms with Crippen LogP contribution in [0.5, 0.6) is 0 Å². The SMILES string of the molecule is CCN(CC)S(=O)(=O)c1ccc(CNC(=O)N2CCC(C(=O)O)CC2)cc1. The molecule has 1 aromatic carbocycles. The van der Waals surface area contributed by atoms with Crippen LogP contribution in [0.15, 0.2) is 29.2 Å². The highest BCUT2D eigenvalue weighted by atomic mass is 32.2. The van der Waals surface area contributed by atoms with Crippen molar-refractivity contribution in [2.75, 3.05) is 26.2 Å². The highest BCUT2D eigenvalue weighted by Crippen LogP contribution is 2.18. The van der Waals surface area contributed by atoms with E-state index in [1.165, 1.54) is 4.31 Å². The van der Waals surface area contributed by atoms with Crippen LogP contribution >= 0.6 is 0 Å². The molecule has 1 fully saturated rings. The topological polar surface area (TPSA) is 107 Å². The van der Waals surface area contributed by atoms with Crippen LogP contribution in [0.4, 0.5) is 4.79 Å². The van der Waals surface area contributed by atoms with Gasteiger partial charge in [-0.2, -0.15) is 4.31 Å². The van der Waals surface area contributed by atoms with Crippen molar-refractivity contribution in [1.82, 2.24) is 14.5 Å². The number of benzene rings is 1. The second kappa shape index (κ2) is 9.18. The van der Waals surface area contributed by atoms with Gasteiger partial charge in [0.25, 0.3) is 0 Å². The van der Waals surface area contributed by atoms with E-state index in [-0.39, 0.29) is 23.4 Å². The number of nitrogens with zero attached hydrogens (tertiary/aromatic N) is 2. The second-order valence-electron chi connectivity index (χ2n) is 6.49. The highest BCUT2D eigenvalue weighted by molar-refractivity contribution is 7.89. The van der Waals surface area contributed by atoms with Gasteiger partial charge in [0.2, 0.25) is 10.0 Å². The van der Waals surface area contributed by atoms with Crippen LogP contribution in [0.1, 0.15) is 32.3 Å². The Morgan fingerprint density at radius 1 is 1.15 bits per heavy atom. The minimum atomic E-state index is -3.49. The summed E-state index contributed by atoms with van der Waals surface area (Å²) in [5.74, 6) is -1.19. The number of carboxylic acid groups (broad SMARTS) is 1. The number of rotatable bonds is 7. The van der Waals surface area contributed by atoms with Gasteiger partial charge in [0.05, 0.1) is 10.8 Å². The number of nitrogens with one attached hydrogen (secondary N) is 1. The summed E-state index contributed by atoms with van der Waals surface area (Å²) in [6, 6.07) is 6.24. The zero-order valence-corrected chi connectivity index (χ0v) is 16.5. The van der Waals surface area contributed by atoms with Crippen LogP contribution in [0.25, 0.3) is 0 Å². The zero-order chi connectivity index (χ0) is 20.0. The Labute approximate surface area is 160 Å². The minimum Gasteiger partial charge on any atom is -0.481 e. The number of carbonyl (C=O) groups is 2. The van der Waals surface area contributed by atoms with E-state index in [0.29, 0.717) is 39.0 Å². The minimum absolute atomic E-state index is 0.233. The number of urea groups is 1. The predicted molar refractivity (Wildman–Crippen MR) is 101 cm³/mol. The third-order valence-electron chi connectivity index (χ3n) is 4.84.